The first-order chi connectivity index (χ1) is 14.1. The summed E-state index contributed by atoms with van der Waals surface area (Å²) < 4.78 is 27.6. The number of carbonyl (C=O) groups is 1. The fourth-order valence-electron chi connectivity index (χ4n) is 6.73. The lowest BCUT2D eigenvalue weighted by atomic mass is 9.49. The number of hydrogen-bond donors (Lipinski definition) is 0. The van der Waals surface area contributed by atoms with E-state index in [1.165, 1.54) is 22.9 Å². The molecule has 6 rings (SSSR count). The second-order valence-electron chi connectivity index (χ2n) is 9.64. The second kappa shape index (κ2) is 7.24. The predicted molar refractivity (Wildman–Crippen MR) is 117 cm³/mol. The number of hydrogen-bond acceptors (Lipinski definition) is 3. The van der Waals surface area contributed by atoms with Gasteiger partial charge in [0.05, 0.1) is 15.5 Å². The van der Waals surface area contributed by atoms with Crippen LogP contribution in [0.4, 0.5) is 0 Å². The first-order valence-electron chi connectivity index (χ1n) is 10.5. The molecule has 1 heterocycles. The molecule has 1 aromatic carbocycles. The van der Waals surface area contributed by atoms with Crippen LogP contribution in [0.1, 0.15) is 38.5 Å². The molecule has 9 heteroatoms. The minimum atomic E-state index is -3.82. The molecule has 5 aliphatic rings. The maximum absolute atomic E-state index is 13.6. The molecule has 0 unspecified atom stereocenters. The minimum Gasteiger partial charge on any atom is -0.340 e. The highest BCUT2D eigenvalue weighted by atomic mass is 35.5. The quantitative estimate of drug-likeness (QED) is 0.589. The topological polar surface area (TPSA) is 57.7 Å². The zero-order chi connectivity index (χ0) is 21.3. The average molecular weight is 492 g/mol. The number of nitrogens with zero attached hydrogens (tertiary/aromatic N) is 2. The summed E-state index contributed by atoms with van der Waals surface area (Å²) in [5.74, 6) is 1.28. The third-order valence-corrected chi connectivity index (χ3v) is 10.8. The Labute approximate surface area is 192 Å². The van der Waals surface area contributed by atoms with E-state index >= 15 is 0 Å². The standard InChI is InChI=1S/C21H25Cl3N2O3S/c22-16-2-1-3-17(23)18(16)30(28,29)26-6-4-25(5-7-26)19(27)20-9-14-8-15(10-20)12-21(24,11-14)13-20/h1-3,14-15H,4-13H2/t14-,15-,20?,21?/m1/s1. The Morgan fingerprint density at radius 3 is 2.07 bits per heavy atom. The first-order valence-corrected chi connectivity index (χ1v) is 13.1. The van der Waals surface area contributed by atoms with Crippen molar-refractivity contribution in [2.75, 3.05) is 26.2 Å². The number of amides is 1. The van der Waals surface area contributed by atoms with E-state index in [4.69, 9.17) is 34.8 Å². The molecule has 1 aromatic rings. The van der Waals surface area contributed by atoms with Gasteiger partial charge in [0, 0.05) is 31.1 Å². The summed E-state index contributed by atoms with van der Waals surface area (Å²) in [5.41, 5.74) is -0.348. The highest BCUT2D eigenvalue weighted by Gasteiger charge is 2.60. The SMILES string of the molecule is O=C(N1CCN(S(=O)(=O)c2c(Cl)cccc2Cl)CC1)C12C[C@H]3C[C@@H](CC(Cl)(C3)C1)C2. The highest BCUT2D eigenvalue weighted by molar-refractivity contribution is 7.89. The Morgan fingerprint density at radius 2 is 1.53 bits per heavy atom. The summed E-state index contributed by atoms with van der Waals surface area (Å²) >= 11 is 19.2. The van der Waals surface area contributed by atoms with Crippen LogP contribution >= 0.6 is 34.8 Å². The van der Waals surface area contributed by atoms with Gasteiger partial charge in [-0.05, 0) is 62.5 Å². The normalized spacial score (nSPS) is 36.3. The molecule has 1 saturated heterocycles. The first kappa shape index (κ1) is 21.3. The summed E-state index contributed by atoms with van der Waals surface area (Å²) in [6, 6.07) is 4.67. The van der Waals surface area contributed by atoms with E-state index < -0.39 is 10.0 Å². The lowest BCUT2D eigenvalue weighted by Gasteiger charge is -2.60. The largest absolute Gasteiger partial charge is 0.340 e. The molecule has 0 N–H and O–H groups in total. The van der Waals surface area contributed by atoms with Crippen LogP contribution in [0, 0.1) is 17.3 Å². The van der Waals surface area contributed by atoms with Gasteiger partial charge in [0.1, 0.15) is 4.90 Å². The summed E-state index contributed by atoms with van der Waals surface area (Å²) in [6.07, 6.45) is 5.90. The average Bonchev–Trinajstić information content (AvgIpc) is 2.65. The van der Waals surface area contributed by atoms with Gasteiger partial charge in [0.15, 0.2) is 0 Å². The Kier molecular flexibility index (Phi) is 5.15. The van der Waals surface area contributed by atoms with Crippen molar-refractivity contribution >= 4 is 50.7 Å². The van der Waals surface area contributed by atoms with Crippen LogP contribution in [0.25, 0.3) is 0 Å². The van der Waals surface area contributed by atoms with Crippen molar-refractivity contribution < 1.29 is 13.2 Å². The Bertz CT molecular complexity index is 957. The van der Waals surface area contributed by atoms with Crippen molar-refractivity contribution in [2.45, 2.75) is 48.3 Å². The van der Waals surface area contributed by atoms with E-state index in [0.29, 0.717) is 24.9 Å². The van der Waals surface area contributed by atoms with Crippen LogP contribution in [-0.4, -0.2) is 54.6 Å². The van der Waals surface area contributed by atoms with Gasteiger partial charge in [-0.15, -0.1) is 11.6 Å². The summed E-state index contributed by atoms with van der Waals surface area (Å²) in [6.45, 7) is 1.24. The fourth-order valence-corrected chi connectivity index (χ4v) is 9.93. The molecule has 4 aliphatic carbocycles. The number of piperazine rings is 1. The summed E-state index contributed by atoms with van der Waals surface area (Å²) in [5, 5.41) is 0.226. The number of benzene rings is 1. The monoisotopic (exact) mass is 490 g/mol. The van der Waals surface area contributed by atoms with Crippen molar-refractivity contribution in [3.05, 3.63) is 28.2 Å². The molecular formula is C21H25Cl3N2O3S. The molecule has 164 valence electrons. The molecule has 5 nitrogen and oxygen atoms in total. The zero-order valence-corrected chi connectivity index (χ0v) is 19.7. The fraction of sp³-hybridized carbons (Fsp3) is 0.667. The van der Waals surface area contributed by atoms with Crippen LogP contribution in [0.3, 0.4) is 0 Å². The number of alkyl halides is 1. The van der Waals surface area contributed by atoms with Crippen molar-refractivity contribution in [1.82, 2.24) is 9.21 Å². The lowest BCUT2D eigenvalue weighted by Crippen LogP contribution is -2.61. The van der Waals surface area contributed by atoms with Gasteiger partial charge in [-0.2, -0.15) is 4.31 Å². The van der Waals surface area contributed by atoms with E-state index in [-0.39, 0.29) is 44.2 Å². The van der Waals surface area contributed by atoms with Gasteiger partial charge < -0.3 is 4.90 Å². The Morgan fingerprint density at radius 1 is 0.967 bits per heavy atom. The van der Waals surface area contributed by atoms with Gasteiger partial charge in [0.25, 0.3) is 0 Å². The number of rotatable bonds is 3. The van der Waals surface area contributed by atoms with Gasteiger partial charge in [-0.3, -0.25) is 4.79 Å². The van der Waals surface area contributed by atoms with E-state index in [1.807, 2.05) is 4.90 Å². The lowest BCUT2D eigenvalue weighted by molar-refractivity contribution is -0.157. The maximum atomic E-state index is 13.6. The van der Waals surface area contributed by atoms with Crippen molar-refractivity contribution in [1.29, 1.82) is 0 Å². The molecule has 0 aromatic heterocycles. The summed E-state index contributed by atoms with van der Waals surface area (Å²) in [4.78, 5) is 15.2. The maximum Gasteiger partial charge on any atom is 0.246 e. The minimum absolute atomic E-state index is 0.0572. The van der Waals surface area contributed by atoms with Crippen molar-refractivity contribution in [3.63, 3.8) is 0 Å². The zero-order valence-electron chi connectivity index (χ0n) is 16.6. The molecule has 5 fully saturated rings. The van der Waals surface area contributed by atoms with Crippen LogP contribution in [0.2, 0.25) is 10.0 Å². The van der Waals surface area contributed by atoms with Gasteiger partial charge in [-0.1, -0.05) is 29.3 Å². The van der Waals surface area contributed by atoms with Crippen LogP contribution in [0.5, 0.6) is 0 Å². The smallest absolute Gasteiger partial charge is 0.246 e. The van der Waals surface area contributed by atoms with Gasteiger partial charge in [0.2, 0.25) is 15.9 Å². The Balaban J connectivity index is 1.31. The molecule has 1 amide bonds. The molecule has 0 radical (unpaired) electrons. The highest BCUT2D eigenvalue weighted by Crippen LogP contribution is 2.64. The van der Waals surface area contributed by atoms with E-state index in [1.54, 1.807) is 6.07 Å². The molecule has 4 saturated carbocycles. The number of carbonyl (C=O) groups excluding carboxylic acids is 1. The Hall–Kier alpha value is -0.530. The third kappa shape index (κ3) is 3.38. The van der Waals surface area contributed by atoms with Gasteiger partial charge in [-0.25, -0.2) is 8.42 Å². The second-order valence-corrected chi connectivity index (χ2v) is 13.1. The van der Waals surface area contributed by atoms with Gasteiger partial charge >= 0.3 is 0 Å². The van der Waals surface area contributed by atoms with Crippen LogP contribution < -0.4 is 0 Å². The number of sulfonamides is 1. The van der Waals surface area contributed by atoms with Crippen molar-refractivity contribution in [3.8, 4) is 0 Å². The molecular weight excluding hydrogens is 467 g/mol. The third-order valence-electron chi connectivity index (χ3n) is 7.49. The van der Waals surface area contributed by atoms with Crippen molar-refractivity contribution in [2.24, 2.45) is 17.3 Å². The molecule has 0 spiro atoms. The molecule has 2 atom stereocenters. The molecule has 30 heavy (non-hydrogen) atoms. The van der Waals surface area contributed by atoms with E-state index in [9.17, 15) is 13.2 Å². The number of halogens is 3. The predicted octanol–water partition coefficient (Wildman–Crippen LogP) is 4.40. The van der Waals surface area contributed by atoms with Crippen LogP contribution in [-0.2, 0) is 14.8 Å². The van der Waals surface area contributed by atoms with Crippen LogP contribution in [0.15, 0.2) is 23.1 Å². The molecule has 4 bridgehead atoms. The van der Waals surface area contributed by atoms with E-state index in [2.05, 4.69) is 0 Å². The van der Waals surface area contributed by atoms with E-state index in [0.717, 1.165) is 32.1 Å². The molecule has 1 aliphatic heterocycles. The summed E-state index contributed by atoms with van der Waals surface area (Å²) in [7, 11) is -3.82.